The number of phenols is 1. The van der Waals surface area contributed by atoms with Gasteiger partial charge in [-0.25, -0.2) is 13.2 Å². The number of carbonyl (C=O) groups excluding carboxylic acids is 1. The van der Waals surface area contributed by atoms with E-state index in [1.807, 2.05) is 24.3 Å². The van der Waals surface area contributed by atoms with E-state index >= 15 is 0 Å². The van der Waals surface area contributed by atoms with Gasteiger partial charge in [-0.2, -0.15) is 0 Å². The average molecular weight is 439 g/mol. The van der Waals surface area contributed by atoms with Gasteiger partial charge in [0.1, 0.15) is 17.1 Å². The summed E-state index contributed by atoms with van der Waals surface area (Å²) in [5.41, 5.74) is 3.96. The quantitative estimate of drug-likeness (QED) is 0.568. The Kier molecular flexibility index (Phi) is 5.56. The SMILES string of the molecule is COC(=O)c1ccc(NS(=O)(=O)Cc2ccc(-c3ccc4c(c3)CCO4)cc2)cc1O. The molecule has 0 spiro atoms. The van der Waals surface area contributed by atoms with E-state index in [1.165, 1.54) is 30.9 Å². The molecular formula is C23H21NO6S. The summed E-state index contributed by atoms with van der Waals surface area (Å²) < 4.78 is 37.6. The number of hydrogen-bond acceptors (Lipinski definition) is 6. The molecular weight excluding hydrogens is 418 g/mol. The van der Waals surface area contributed by atoms with Crippen LogP contribution < -0.4 is 9.46 Å². The van der Waals surface area contributed by atoms with Gasteiger partial charge in [0.05, 0.1) is 25.2 Å². The fourth-order valence-electron chi connectivity index (χ4n) is 3.47. The number of rotatable bonds is 6. The molecule has 3 aromatic carbocycles. The van der Waals surface area contributed by atoms with Crippen LogP contribution in [0.3, 0.4) is 0 Å². The molecule has 0 saturated carbocycles. The van der Waals surface area contributed by atoms with Crippen molar-refractivity contribution < 1.29 is 27.8 Å². The van der Waals surface area contributed by atoms with Gasteiger partial charge in [0, 0.05) is 12.5 Å². The number of ether oxygens (including phenoxy) is 2. The van der Waals surface area contributed by atoms with Gasteiger partial charge in [-0.1, -0.05) is 30.3 Å². The lowest BCUT2D eigenvalue weighted by atomic mass is 10.0. The summed E-state index contributed by atoms with van der Waals surface area (Å²) in [7, 11) is -2.53. The van der Waals surface area contributed by atoms with Crippen LogP contribution in [0, 0.1) is 0 Å². The molecule has 2 N–H and O–H groups in total. The molecule has 7 nitrogen and oxygen atoms in total. The van der Waals surface area contributed by atoms with Gasteiger partial charge in [0.15, 0.2) is 0 Å². The number of methoxy groups -OCH3 is 1. The fourth-order valence-corrected chi connectivity index (χ4v) is 4.66. The number of phenolic OH excluding ortho intramolecular Hbond substituents is 1. The first kappa shape index (κ1) is 20.7. The number of benzene rings is 3. The maximum Gasteiger partial charge on any atom is 0.341 e. The van der Waals surface area contributed by atoms with Crippen LogP contribution in [-0.2, 0) is 26.9 Å². The van der Waals surface area contributed by atoms with Crippen molar-refractivity contribution in [2.75, 3.05) is 18.4 Å². The van der Waals surface area contributed by atoms with E-state index in [-0.39, 0.29) is 22.8 Å². The molecule has 160 valence electrons. The first-order chi connectivity index (χ1) is 14.8. The molecule has 0 unspecified atom stereocenters. The van der Waals surface area contributed by atoms with Crippen molar-refractivity contribution in [3.05, 3.63) is 77.4 Å². The molecule has 1 heterocycles. The first-order valence-corrected chi connectivity index (χ1v) is 11.3. The number of hydrogen-bond donors (Lipinski definition) is 2. The summed E-state index contributed by atoms with van der Waals surface area (Å²) >= 11 is 0. The van der Waals surface area contributed by atoms with Crippen LogP contribution in [0.4, 0.5) is 5.69 Å². The van der Waals surface area contributed by atoms with E-state index in [1.54, 1.807) is 12.1 Å². The summed E-state index contributed by atoms with van der Waals surface area (Å²) in [5.74, 6) is -0.382. The van der Waals surface area contributed by atoms with Crippen molar-refractivity contribution in [1.82, 2.24) is 0 Å². The van der Waals surface area contributed by atoms with Crippen LogP contribution in [0.1, 0.15) is 21.5 Å². The molecule has 8 heteroatoms. The third kappa shape index (κ3) is 4.64. The maximum absolute atomic E-state index is 12.5. The van der Waals surface area contributed by atoms with Crippen LogP contribution >= 0.6 is 0 Å². The first-order valence-electron chi connectivity index (χ1n) is 9.61. The Morgan fingerprint density at radius 3 is 2.52 bits per heavy atom. The van der Waals surface area contributed by atoms with Crippen LogP contribution in [0.2, 0.25) is 0 Å². The van der Waals surface area contributed by atoms with Crippen molar-refractivity contribution in [3.8, 4) is 22.6 Å². The third-order valence-electron chi connectivity index (χ3n) is 5.01. The van der Waals surface area contributed by atoms with E-state index < -0.39 is 16.0 Å². The Labute approximate surface area is 180 Å². The molecule has 0 aliphatic carbocycles. The van der Waals surface area contributed by atoms with E-state index in [4.69, 9.17) is 4.74 Å². The van der Waals surface area contributed by atoms with Crippen molar-refractivity contribution in [3.63, 3.8) is 0 Å². The smallest absolute Gasteiger partial charge is 0.341 e. The minimum absolute atomic E-state index is 0.0424. The van der Waals surface area contributed by atoms with Gasteiger partial charge in [0.2, 0.25) is 10.0 Å². The molecule has 0 bridgehead atoms. The highest BCUT2D eigenvalue weighted by atomic mass is 32.2. The molecule has 0 amide bonds. The van der Waals surface area contributed by atoms with Crippen molar-refractivity contribution in [2.45, 2.75) is 12.2 Å². The molecule has 31 heavy (non-hydrogen) atoms. The predicted molar refractivity (Wildman–Crippen MR) is 117 cm³/mol. The van der Waals surface area contributed by atoms with Crippen molar-refractivity contribution in [1.29, 1.82) is 0 Å². The van der Waals surface area contributed by atoms with Crippen LogP contribution in [-0.4, -0.2) is 33.2 Å². The summed E-state index contributed by atoms with van der Waals surface area (Å²) in [4.78, 5) is 11.5. The molecule has 4 rings (SSSR count). The Morgan fingerprint density at radius 2 is 1.81 bits per heavy atom. The molecule has 0 radical (unpaired) electrons. The fraction of sp³-hybridized carbons (Fsp3) is 0.174. The largest absolute Gasteiger partial charge is 0.507 e. The molecule has 0 saturated heterocycles. The lowest BCUT2D eigenvalue weighted by molar-refractivity contribution is 0.0597. The van der Waals surface area contributed by atoms with Gasteiger partial charge >= 0.3 is 5.97 Å². The standard InChI is InChI=1S/C23H21NO6S/c1-29-23(26)20-8-7-19(13-21(20)25)24-31(27,28)14-15-2-4-16(5-3-15)17-6-9-22-18(12-17)10-11-30-22/h2-9,12-13,24-25H,10-11,14H2,1H3. The second-order valence-corrected chi connectivity index (χ2v) is 8.92. The zero-order valence-corrected chi connectivity index (χ0v) is 17.6. The summed E-state index contributed by atoms with van der Waals surface area (Å²) in [6.07, 6.45) is 0.890. The lowest BCUT2D eigenvalue weighted by Crippen LogP contribution is -2.15. The molecule has 0 atom stereocenters. The Bertz CT molecular complexity index is 1240. The Morgan fingerprint density at radius 1 is 1.06 bits per heavy atom. The number of sulfonamides is 1. The molecule has 1 aliphatic rings. The van der Waals surface area contributed by atoms with E-state index in [2.05, 4.69) is 15.5 Å². The zero-order chi connectivity index (χ0) is 22.0. The number of nitrogens with one attached hydrogen (secondary N) is 1. The summed E-state index contributed by atoms with van der Waals surface area (Å²) in [6.45, 7) is 0.700. The highest BCUT2D eigenvalue weighted by Gasteiger charge is 2.16. The highest BCUT2D eigenvalue weighted by molar-refractivity contribution is 7.91. The number of esters is 1. The van der Waals surface area contributed by atoms with Gasteiger partial charge in [-0.15, -0.1) is 0 Å². The highest BCUT2D eigenvalue weighted by Crippen LogP contribution is 2.31. The second kappa shape index (κ2) is 8.31. The van der Waals surface area contributed by atoms with Gasteiger partial charge in [0.25, 0.3) is 0 Å². The Balaban J connectivity index is 1.46. The van der Waals surface area contributed by atoms with Gasteiger partial charge in [-0.05, 0) is 46.5 Å². The van der Waals surface area contributed by atoms with E-state index in [0.29, 0.717) is 12.2 Å². The summed E-state index contributed by atoms with van der Waals surface area (Å²) in [5, 5.41) is 9.93. The number of aromatic hydroxyl groups is 1. The van der Waals surface area contributed by atoms with Crippen molar-refractivity contribution >= 4 is 21.7 Å². The third-order valence-corrected chi connectivity index (χ3v) is 6.27. The lowest BCUT2D eigenvalue weighted by Gasteiger charge is -2.11. The number of carbonyl (C=O) groups is 1. The zero-order valence-electron chi connectivity index (χ0n) is 16.8. The maximum atomic E-state index is 12.5. The Hall–Kier alpha value is -3.52. The number of fused-ring (bicyclic) bond motifs is 1. The van der Waals surface area contributed by atoms with E-state index in [0.717, 1.165) is 23.3 Å². The number of anilines is 1. The molecule has 0 fully saturated rings. The van der Waals surface area contributed by atoms with E-state index in [9.17, 15) is 18.3 Å². The normalized spacial score (nSPS) is 12.7. The van der Waals surface area contributed by atoms with Crippen LogP contribution in [0.5, 0.6) is 11.5 Å². The van der Waals surface area contributed by atoms with Gasteiger partial charge < -0.3 is 14.6 Å². The van der Waals surface area contributed by atoms with Crippen molar-refractivity contribution in [2.24, 2.45) is 0 Å². The average Bonchev–Trinajstić information content (AvgIpc) is 3.21. The van der Waals surface area contributed by atoms with Gasteiger partial charge in [-0.3, -0.25) is 4.72 Å². The molecule has 1 aliphatic heterocycles. The van der Waals surface area contributed by atoms with Crippen LogP contribution in [0.25, 0.3) is 11.1 Å². The monoisotopic (exact) mass is 439 g/mol. The minimum Gasteiger partial charge on any atom is -0.507 e. The minimum atomic E-state index is -3.72. The topological polar surface area (TPSA) is 102 Å². The summed E-state index contributed by atoms with van der Waals surface area (Å²) in [6, 6.07) is 17.2. The predicted octanol–water partition coefficient (Wildman–Crippen LogP) is 3.72. The molecule has 3 aromatic rings. The van der Waals surface area contributed by atoms with Crippen LogP contribution in [0.15, 0.2) is 60.7 Å². The molecule has 0 aromatic heterocycles. The second-order valence-electron chi connectivity index (χ2n) is 7.20.